The highest BCUT2D eigenvalue weighted by atomic mass is 35.5. The van der Waals surface area contributed by atoms with E-state index in [0.29, 0.717) is 16.1 Å². The number of carbonyl (C=O) groups is 3. The summed E-state index contributed by atoms with van der Waals surface area (Å²) in [4.78, 5) is 41.2. The van der Waals surface area contributed by atoms with Crippen molar-refractivity contribution in [1.82, 2.24) is 5.32 Å². The van der Waals surface area contributed by atoms with Crippen LogP contribution in [0.1, 0.15) is 17.2 Å². The Labute approximate surface area is 200 Å². The maximum atomic E-state index is 13.7. The van der Waals surface area contributed by atoms with Gasteiger partial charge in [-0.25, -0.2) is 9.29 Å². The Morgan fingerprint density at radius 1 is 0.971 bits per heavy atom. The lowest BCUT2D eigenvalue weighted by atomic mass is 9.76. The van der Waals surface area contributed by atoms with E-state index in [2.05, 4.69) is 5.32 Å². The van der Waals surface area contributed by atoms with Gasteiger partial charge in [-0.1, -0.05) is 54.1 Å². The lowest BCUT2D eigenvalue weighted by molar-refractivity contribution is -0.148. The minimum absolute atomic E-state index is 0.00467. The maximum Gasteiger partial charge on any atom is 0.325 e. The van der Waals surface area contributed by atoms with Crippen LogP contribution in [0.2, 0.25) is 5.02 Å². The van der Waals surface area contributed by atoms with Crippen molar-refractivity contribution in [2.24, 2.45) is 11.8 Å². The van der Waals surface area contributed by atoms with E-state index in [4.69, 9.17) is 11.6 Å². The average Bonchev–Trinajstić information content (AvgIpc) is 3.30. The second-order valence-electron chi connectivity index (χ2n) is 8.60. The second-order valence-corrected chi connectivity index (χ2v) is 9.04. The Morgan fingerprint density at radius 2 is 1.62 bits per heavy atom. The number of benzene rings is 3. The van der Waals surface area contributed by atoms with Gasteiger partial charge in [-0.3, -0.25) is 19.7 Å². The van der Waals surface area contributed by atoms with Gasteiger partial charge in [-0.05, 0) is 47.5 Å². The summed E-state index contributed by atoms with van der Waals surface area (Å²) < 4.78 is 13.5. The highest BCUT2D eigenvalue weighted by molar-refractivity contribution is 6.30. The van der Waals surface area contributed by atoms with E-state index in [1.165, 1.54) is 12.1 Å². The van der Waals surface area contributed by atoms with Crippen LogP contribution in [0.25, 0.3) is 0 Å². The van der Waals surface area contributed by atoms with Crippen molar-refractivity contribution < 1.29 is 23.9 Å². The molecule has 6 nitrogen and oxygen atoms in total. The van der Waals surface area contributed by atoms with E-state index in [1.807, 2.05) is 6.07 Å². The zero-order valence-electron chi connectivity index (χ0n) is 17.8. The molecule has 34 heavy (non-hydrogen) atoms. The van der Waals surface area contributed by atoms with Crippen molar-refractivity contribution in [3.8, 4) is 0 Å². The molecular formula is C26H20ClFN2O4. The third kappa shape index (κ3) is 3.48. The Hall–Kier alpha value is -3.55. The number of carboxylic acids is 1. The molecule has 3 aromatic carbocycles. The number of nitrogens with one attached hydrogen (secondary N) is 1. The standard InChI is InChI=1S/C26H20ClFN2O4/c27-17-8-6-16(7-9-17)22-20-21(24(32)30(23(20)31)19-12-10-18(28)11-13-19)26(29-22,25(33)34)14-15-4-2-1-3-5-15/h1-13,20-22,29H,14H2,(H,33,34)/t20-,21-,22-,26-/m0/s1. The van der Waals surface area contributed by atoms with Crippen molar-refractivity contribution in [2.45, 2.75) is 18.0 Å². The average molecular weight is 479 g/mol. The first kappa shape index (κ1) is 22.3. The van der Waals surface area contributed by atoms with E-state index in [9.17, 15) is 23.9 Å². The maximum absolute atomic E-state index is 13.7. The monoisotopic (exact) mass is 478 g/mol. The van der Waals surface area contributed by atoms with Gasteiger partial charge in [-0.2, -0.15) is 0 Å². The number of halogens is 2. The molecule has 2 amide bonds. The number of fused-ring (bicyclic) bond motifs is 1. The molecule has 2 saturated heterocycles. The number of hydrogen-bond acceptors (Lipinski definition) is 4. The van der Waals surface area contributed by atoms with Crippen LogP contribution in [0.15, 0.2) is 78.9 Å². The van der Waals surface area contributed by atoms with Gasteiger partial charge in [0.2, 0.25) is 11.8 Å². The fourth-order valence-electron chi connectivity index (χ4n) is 5.16. The lowest BCUT2D eigenvalue weighted by Crippen LogP contribution is -2.57. The van der Waals surface area contributed by atoms with E-state index in [1.54, 1.807) is 48.5 Å². The first-order chi connectivity index (χ1) is 16.3. The molecule has 2 N–H and O–H groups in total. The third-order valence-electron chi connectivity index (χ3n) is 6.68. The molecule has 0 aliphatic carbocycles. The Kier molecular flexibility index (Phi) is 5.46. The molecular weight excluding hydrogens is 459 g/mol. The molecule has 2 heterocycles. The second kappa shape index (κ2) is 8.34. The Morgan fingerprint density at radius 3 is 2.24 bits per heavy atom. The van der Waals surface area contributed by atoms with Crippen LogP contribution >= 0.6 is 11.6 Å². The SMILES string of the molecule is O=C1[C@H]2[C@@H](C(=O)N1c1ccc(F)cc1)[C@@](Cc1ccccc1)(C(=O)O)N[C@H]2c1ccc(Cl)cc1. The zero-order chi connectivity index (χ0) is 24.0. The number of hydrogen-bond donors (Lipinski definition) is 2. The van der Waals surface area contributed by atoms with Crippen LogP contribution in [0.4, 0.5) is 10.1 Å². The summed E-state index contributed by atoms with van der Waals surface area (Å²) in [7, 11) is 0. The summed E-state index contributed by atoms with van der Waals surface area (Å²) in [5.41, 5.74) is -0.150. The number of aliphatic carboxylic acids is 1. The van der Waals surface area contributed by atoms with Crippen molar-refractivity contribution in [3.63, 3.8) is 0 Å². The van der Waals surface area contributed by atoms with Crippen LogP contribution in [0.5, 0.6) is 0 Å². The highest BCUT2D eigenvalue weighted by Gasteiger charge is 2.68. The molecule has 8 heteroatoms. The fourth-order valence-corrected chi connectivity index (χ4v) is 5.28. The smallest absolute Gasteiger partial charge is 0.325 e. The summed E-state index contributed by atoms with van der Waals surface area (Å²) in [6, 6.07) is 20.0. The predicted octanol–water partition coefficient (Wildman–Crippen LogP) is 4.00. The predicted molar refractivity (Wildman–Crippen MR) is 124 cm³/mol. The summed E-state index contributed by atoms with van der Waals surface area (Å²) >= 11 is 6.04. The van der Waals surface area contributed by atoms with Crippen molar-refractivity contribution in [3.05, 3.63) is 101 Å². The van der Waals surface area contributed by atoms with Gasteiger partial charge in [-0.15, -0.1) is 0 Å². The fraction of sp³-hybridized carbons (Fsp3) is 0.192. The number of carbonyl (C=O) groups excluding carboxylic acids is 2. The molecule has 172 valence electrons. The van der Waals surface area contributed by atoms with E-state index >= 15 is 0 Å². The summed E-state index contributed by atoms with van der Waals surface area (Å²) in [6.45, 7) is 0. The summed E-state index contributed by atoms with van der Waals surface area (Å²) in [5, 5.41) is 14.1. The zero-order valence-corrected chi connectivity index (χ0v) is 18.6. The van der Waals surface area contributed by atoms with Crippen molar-refractivity contribution in [1.29, 1.82) is 0 Å². The van der Waals surface area contributed by atoms with E-state index in [-0.39, 0.29) is 12.1 Å². The molecule has 2 aliphatic heterocycles. The van der Waals surface area contributed by atoms with Crippen molar-refractivity contribution >= 4 is 35.1 Å². The van der Waals surface area contributed by atoms with Gasteiger partial charge in [0.25, 0.3) is 0 Å². The van der Waals surface area contributed by atoms with E-state index < -0.39 is 47.0 Å². The third-order valence-corrected chi connectivity index (χ3v) is 6.93. The summed E-state index contributed by atoms with van der Waals surface area (Å²) in [5.74, 6) is -4.99. The first-order valence-electron chi connectivity index (χ1n) is 10.8. The molecule has 3 aromatic rings. The molecule has 2 aliphatic rings. The first-order valence-corrected chi connectivity index (χ1v) is 11.1. The van der Waals surface area contributed by atoms with E-state index in [0.717, 1.165) is 17.0 Å². The topological polar surface area (TPSA) is 86.7 Å². The van der Waals surface area contributed by atoms with Gasteiger partial charge >= 0.3 is 5.97 Å². The number of carboxylic acid groups (broad SMARTS) is 1. The number of rotatable bonds is 5. The molecule has 0 bridgehead atoms. The van der Waals surface area contributed by atoms with Crippen LogP contribution in [-0.4, -0.2) is 28.4 Å². The Balaban J connectivity index is 1.65. The molecule has 0 radical (unpaired) electrons. The molecule has 0 aromatic heterocycles. The lowest BCUT2D eigenvalue weighted by Gasteiger charge is -2.31. The number of anilines is 1. The minimum Gasteiger partial charge on any atom is -0.480 e. The molecule has 2 fully saturated rings. The minimum atomic E-state index is -1.72. The number of amides is 2. The normalized spacial score (nSPS) is 26.1. The van der Waals surface area contributed by atoms with Gasteiger partial charge in [0, 0.05) is 17.5 Å². The quantitative estimate of drug-likeness (QED) is 0.541. The van der Waals surface area contributed by atoms with Gasteiger partial charge in [0.05, 0.1) is 17.5 Å². The molecule has 0 unspecified atom stereocenters. The van der Waals surface area contributed by atoms with Gasteiger partial charge in [0.15, 0.2) is 0 Å². The molecule has 4 atom stereocenters. The van der Waals surface area contributed by atoms with Crippen LogP contribution in [0, 0.1) is 17.7 Å². The highest BCUT2D eigenvalue weighted by Crippen LogP contribution is 2.51. The Bertz CT molecular complexity index is 1270. The number of nitrogens with zero attached hydrogens (tertiary/aromatic N) is 1. The molecule has 0 spiro atoms. The molecule has 5 rings (SSSR count). The number of imide groups is 1. The van der Waals surface area contributed by atoms with Crippen molar-refractivity contribution in [2.75, 3.05) is 4.90 Å². The van der Waals surface area contributed by atoms with Gasteiger partial charge < -0.3 is 5.11 Å². The van der Waals surface area contributed by atoms with Gasteiger partial charge in [0.1, 0.15) is 11.4 Å². The van der Waals surface area contributed by atoms with Crippen LogP contribution in [-0.2, 0) is 20.8 Å². The van der Waals surface area contributed by atoms with Crippen LogP contribution in [0.3, 0.4) is 0 Å². The summed E-state index contributed by atoms with van der Waals surface area (Å²) in [6.07, 6.45) is 0.00467. The molecule has 0 saturated carbocycles. The van der Waals surface area contributed by atoms with Crippen LogP contribution < -0.4 is 10.2 Å². The largest absolute Gasteiger partial charge is 0.480 e.